The normalized spacial score (nSPS) is 13.3. The van der Waals surface area contributed by atoms with Crippen molar-refractivity contribution in [2.24, 2.45) is 0 Å². The van der Waals surface area contributed by atoms with Crippen molar-refractivity contribution in [2.75, 3.05) is 32.8 Å². The molecule has 0 saturated heterocycles. The average molecular weight is 300 g/mol. The Kier molecular flexibility index (Phi) is 7.78. The summed E-state index contributed by atoms with van der Waals surface area (Å²) in [6.07, 6.45) is 3.31. The molecule has 0 radical (unpaired) electrons. The third kappa shape index (κ3) is 4.88. The predicted octanol–water partition coefficient (Wildman–Crippen LogP) is 3.54. The quantitative estimate of drug-likeness (QED) is 0.719. The zero-order chi connectivity index (χ0) is 13.5. The number of benzene rings is 1. The van der Waals surface area contributed by atoms with Crippen LogP contribution in [-0.4, -0.2) is 37.7 Å². The van der Waals surface area contributed by atoms with Gasteiger partial charge in [0.25, 0.3) is 0 Å². The molecular formula is C16H26ClNO2. The van der Waals surface area contributed by atoms with Crippen LogP contribution in [0.2, 0.25) is 0 Å². The maximum atomic E-state index is 5.80. The van der Waals surface area contributed by atoms with Crippen LogP contribution >= 0.6 is 12.4 Å². The molecule has 0 unspecified atom stereocenters. The van der Waals surface area contributed by atoms with Crippen molar-refractivity contribution < 1.29 is 9.47 Å². The molecule has 1 aromatic carbocycles. The average Bonchev–Trinajstić information content (AvgIpc) is 2.47. The first-order chi connectivity index (χ1) is 9.33. The SMILES string of the molecule is CCN(CC)CCCOc1ccc2c(c1)OCCC2.Cl. The van der Waals surface area contributed by atoms with Gasteiger partial charge < -0.3 is 14.4 Å². The van der Waals surface area contributed by atoms with Crippen LogP contribution in [0.1, 0.15) is 32.3 Å². The molecule has 0 atom stereocenters. The van der Waals surface area contributed by atoms with E-state index in [0.717, 1.165) is 63.6 Å². The Labute approximate surface area is 128 Å². The fourth-order valence-corrected chi connectivity index (χ4v) is 2.43. The van der Waals surface area contributed by atoms with Crippen LogP contribution in [0.3, 0.4) is 0 Å². The van der Waals surface area contributed by atoms with Crippen molar-refractivity contribution >= 4 is 12.4 Å². The summed E-state index contributed by atoms with van der Waals surface area (Å²) < 4.78 is 11.5. The zero-order valence-corrected chi connectivity index (χ0v) is 13.4. The molecule has 114 valence electrons. The highest BCUT2D eigenvalue weighted by Gasteiger charge is 2.10. The van der Waals surface area contributed by atoms with Gasteiger partial charge in [0.2, 0.25) is 0 Å². The van der Waals surface area contributed by atoms with E-state index < -0.39 is 0 Å². The van der Waals surface area contributed by atoms with Crippen LogP contribution in [0.15, 0.2) is 18.2 Å². The van der Waals surface area contributed by atoms with Crippen molar-refractivity contribution in [1.29, 1.82) is 0 Å². The van der Waals surface area contributed by atoms with Crippen LogP contribution in [0, 0.1) is 0 Å². The van der Waals surface area contributed by atoms with Crippen molar-refractivity contribution in [1.82, 2.24) is 4.90 Å². The summed E-state index contributed by atoms with van der Waals surface area (Å²) in [7, 11) is 0. The number of rotatable bonds is 7. The molecule has 0 saturated carbocycles. The van der Waals surface area contributed by atoms with E-state index in [2.05, 4.69) is 30.9 Å². The Balaban J connectivity index is 0.00000200. The number of fused-ring (bicyclic) bond motifs is 1. The fourth-order valence-electron chi connectivity index (χ4n) is 2.43. The molecule has 1 aliphatic heterocycles. The molecule has 0 spiro atoms. The lowest BCUT2D eigenvalue weighted by atomic mass is 10.1. The molecule has 0 aliphatic carbocycles. The monoisotopic (exact) mass is 299 g/mol. The standard InChI is InChI=1S/C16H25NO2.ClH/c1-3-17(4-2)10-6-12-18-15-9-8-14-7-5-11-19-16(14)13-15;/h8-9,13H,3-7,10-12H2,1-2H3;1H. The number of halogens is 1. The lowest BCUT2D eigenvalue weighted by Crippen LogP contribution is -2.25. The fraction of sp³-hybridized carbons (Fsp3) is 0.625. The van der Waals surface area contributed by atoms with Gasteiger partial charge >= 0.3 is 0 Å². The van der Waals surface area contributed by atoms with Crippen molar-refractivity contribution in [3.63, 3.8) is 0 Å². The molecule has 1 aliphatic rings. The maximum Gasteiger partial charge on any atom is 0.126 e. The van der Waals surface area contributed by atoms with Crippen LogP contribution in [0.4, 0.5) is 0 Å². The van der Waals surface area contributed by atoms with Gasteiger partial charge in [-0.05, 0) is 44.0 Å². The topological polar surface area (TPSA) is 21.7 Å². The lowest BCUT2D eigenvalue weighted by Gasteiger charge is -2.19. The Morgan fingerprint density at radius 1 is 1.25 bits per heavy atom. The highest BCUT2D eigenvalue weighted by molar-refractivity contribution is 5.85. The van der Waals surface area contributed by atoms with Crippen LogP contribution in [0.25, 0.3) is 0 Å². The third-order valence-electron chi connectivity index (χ3n) is 3.67. The molecular weight excluding hydrogens is 274 g/mol. The van der Waals surface area contributed by atoms with Gasteiger partial charge in [-0.25, -0.2) is 0 Å². The predicted molar refractivity (Wildman–Crippen MR) is 85.4 cm³/mol. The van der Waals surface area contributed by atoms with E-state index in [1.807, 2.05) is 6.07 Å². The van der Waals surface area contributed by atoms with Gasteiger partial charge in [-0.3, -0.25) is 0 Å². The molecule has 1 heterocycles. The Hall–Kier alpha value is -0.930. The molecule has 20 heavy (non-hydrogen) atoms. The second-order valence-electron chi connectivity index (χ2n) is 4.95. The Morgan fingerprint density at radius 2 is 2.05 bits per heavy atom. The molecule has 0 N–H and O–H groups in total. The van der Waals surface area contributed by atoms with Crippen molar-refractivity contribution in [3.8, 4) is 11.5 Å². The third-order valence-corrected chi connectivity index (χ3v) is 3.67. The molecule has 0 aromatic heterocycles. The van der Waals surface area contributed by atoms with Gasteiger partial charge in [0.05, 0.1) is 13.2 Å². The van der Waals surface area contributed by atoms with E-state index in [-0.39, 0.29) is 12.4 Å². The highest BCUT2D eigenvalue weighted by atomic mass is 35.5. The van der Waals surface area contributed by atoms with E-state index in [9.17, 15) is 0 Å². The summed E-state index contributed by atoms with van der Waals surface area (Å²) in [5, 5.41) is 0. The van der Waals surface area contributed by atoms with Crippen LogP contribution in [-0.2, 0) is 6.42 Å². The molecule has 4 heteroatoms. The summed E-state index contributed by atoms with van der Waals surface area (Å²) >= 11 is 0. The molecule has 1 aromatic rings. The number of nitrogens with zero attached hydrogens (tertiary/aromatic N) is 1. The van der Waals surface area contributed by atoms with Crippen LogP contribution in [0.5, 0.6) is 11.5 Å². The molecule has 2 rings (SSSR count). The largest absolute Gasteiger partial charge is 0.493 e. The number of hydrogen-bond acceptors (Lipinski definition) is 3. The Morgan fingerprint density at radius 3 is 2.80 bits per heavy atom. The number of hydrogen-bond donors (Lipinski definition) is 0. The van der Waals surface area contributed by atoms with Crippen molar-refractivity contribution in [2.45, 2.75) is 33.1 Å². The second kappa shape index (κ2) is 9.09. The summed E-state index contributed by atoms with van der Waals surface area (Å²) in [4.78, 5) is 2.42. The highest BCUT2D eigenvalue weighted by Crippen LogP contribution is 2.28. The van der Waals surface area contributed by atoms with Gasteiger partial charge in [0.15, 0.2) is 0 Å². The van der Waals surface area contributed by atoms with E-state index in [1.54, 1.807) is 0 Å². The summed E-state index contributed by atoms with van der Waals surface area (Å²) in [5.41, 5.74) is 1.31. The van der Waals surface area contributed by atoms with Gasteiger partial charge in [-0.1, -0.05) is 19.9 Å². The van der Waals surface area contributed by atoms with Crippen molar-refractivity contribution in [3.05, 3.63) is 23.8 Å². The molecule has 0 bridgehead atoms. The minimum absolute atomic E-state index is 0. The lowest BCUT2D eigenvalue weighted by molar-refractivity contribution is 0.246. The summed E-state index contributed by atoms with van der Waals surface area (Å²) in [6, 6.07) is 6.23. The van der Waals surface area contributed by atoms with Crippen LogP contribution < -0.4 is 9.47 Å². The molecule has 0 amide bonds. The molecule has 3 nitrogen and oxygen atoms in total. The van der Waals surface area contributed by atoms with Gasteiger partial charge in [0, 0.05) is 12.6 Å². The van der Waals surface area contributed by atoms with Gasteiger partial charge in [-0.2, -0.15) is 0 Å². The van der Waals surface area contributed by atoms with E-state index in [0.29, 0.717) is 0 Å². The van der Waals surface area contributed by atoms with E-state index in [4.69, 9.17) is 9.47 Å². The number of aryl methyl sites for hydroxylation is 1. The summed E-state index contributed by atoms with van der Waals surface area (Å²) in [5.74, 6) is 1.94. The Bertz CT molecular complexity index is 394. The smallest absolute Gasteiger partial charge is 0.126 e. The first-order valence-electron chi connectivity index (χ1n) is 7.44. The molecule has 0 fully saturated rings. The van der Waals surface area contributed by atoms with Gasteiger partial charge in [0.1, 0.15) is 11.5 Å². The first-order valence-corrected chi connectivity index (χ1v) is 7.44. The maximum absolute atomic E-state index is 5.80. The minimum Gasteiger partial charge on any atom is -0.493 e. The van der Waals surface area contributed by atoms with E-state index >= 15 is 0 Å². The summed E-state index contributed by atoms with van der Waals surface area (Å²) in [6.45, 7) is 9.34. The number of ether oxygens (including phenoxy) is 2. The zero-order valence-electron chi connectivity index (χ0n) is 12.6. The van der Waals surface area contributed by atoms with E-state index in [1.165, 1.54) is 5.56 Å². The first kappa shape index (κ1) is 17.1. The minimum atomic E-state index is 0. The second-order valence-corrected chi connectivity index (χ2v) is 4.95. The van der Waals surface area contributed by atoms with Gasteiger partial charge in [-0.15, -0.1) is 12.4 Å².